The van der Waals surface area contributed by atoms with Crippen LogP contribution in [0.4, 0.5) is 0 Å². The minimum Gasteiger partial charge on any atom is -0.502 e. The van der Waals surface area contributed by atoms with Gasteiger partial charge in [-0.25, -0.2) is 0 Å². The minimum atomic E-state index is 0. The van der Waals surface area contributed by atoms with Gasteiger partial charge in [-0.15, -0.1) is 0 Å². The van der Waals surface area contributed by atoms with Gasteiger partial charge in [-0.3, -0.25) is 19.7 Å². The van der Waals surface area contributed by atoms with E-state index in [4.69, 9.17) is 9.47 Å². The van der Waals surface area contributed by atoms with Crippen LogP contribution in [0.5, 0.6) is 0 Å². The third-order valence-corrected chi connectivity index (χ3v) is 9.13. The second-order valence-electron chi connectivity index (χ2n) is 10.9. The second kappa shape index (κ2) is 28.8. The quantitative estimate of drug-likeness (QED) is 0.0915. The molecule has 1 aliphatic carbocycles. The Labute approximate surface area is 390 Å². The standard InChI is InChI=1S/C13H15BrN2O2.C8H5BrN2O.C8H6BrN.C5H8O.CH2I2.CH3I.CH3.V/c14-9-4-5-12-10(7-9)11(8-17)15-16(12)13-3-1-2-6-18-13;9-5-1-2-7-6(3-5)8(4-12)11-10-7;9-7-1-2-8-6(5-7)3-4-10-8;1-2-4-6-5-3-1;2-1-3;1-2;;/h4-5,7-8,10,12-13H,1-3,6H2;1-4H,(H,10,11);1-5,10H;2,4H,1,3,5H2;1H2;1H3;1H3;/q;;;;;;-1;. The maximum absolute atomic E-state index is 11.1. The number of hydrogen-bond donors (Lipinski definition) is 2. The molecule has 3 unspecified atom stereocenters. The molecule has 287 valence electrons. The van der Waals surface area contributed by atoms with Gasteiger partial charge in [0.05, 0.1) is 32.8 Å². The number of allylic oxidation sites excluding steroid dienone is 3. The summed E-state index contributed by atoms with van der Waals surface area (Å²) in [5.74, 6) is 0.0485. The molecule has 4 aliphatic rings. The van der Waals surface area contributed by atoms with Gasteiger partial charge in [0, 0.05) is 61.1 Å². The van der Waals surface area contributed by atoms with Gasteiger partial charge in [-0.2, -0.15) is 10.2 Å². The Bertz CT molecular complexity index is 1790. The van der Waals surface area contributed by atoms with E-state index in [1.165, 1.54) is 26.2 Å². The number of nitrogens with zero attached hydrogens (tertiary/aromatic N) is 3. The molecule has 53 heavy (non-hydrogen) atoms. The average Bonchev–Trinajstić information content (AvgIpc) is 3.91. The van der Waals surface area contributed by atoms with E-state index in [0.717, 1.165) is 69.4 Å². The number of H-pyrrole nitrogens is 2. The van der Waals surface area contributed by atoms with Crippen molar-refractivity contribution in [3.05, 3.63) is 106 Å². The molecule has 0 bridgehead atoms. The van der Waals surface area contributed by atoms with E-state index in [-0.39, 0.29) is 44.2 Å². The molecule has 2 N–H and O–H groups in total. The van der Waals surface area contributed by atoms with E-state index in [1.54, 1.807) is 6.26 Å². The molecule has 8 rings (SSSR count). The van der Waals surface area contributed by atoms with Gasteiger partial charge in [0.2, 0.25) is 0 Å². The summed E-state index contributed by atoms with van der Waals surface area (Å²) in [6, 6.07) is 13.9. The predicted molar refractivity (Wildman–Crippen MR) is 251 cm³/mol. The molecule has 1 saturated heterocycles. The third kappa shape index (κ3) is 16.5. The predicted octanol–water partition coefficient (Wildman–Crippen LogP) is 11.9. The molecule has 2 aromatic heterocycles. The molecule has 5 heterocycles. The van der Waals surface area contributed by atoms with Crippen molar-refractivity contribution in [2.75, 3.05) is 20.6 Å². The van der Waals surface area contributed by atoms with Crippen LogP contribution in [-0.2, 0) is 32.8 Å². The largest absolute Gasteiger partial charge is 0.502 e. The van der Waals surface area contributed by atoms with E-state index >= 15 is 0 Å². The van der Waals surface area contributed by atoms with Crippen LogP contribution in [0.1, 0.15) is 42.6 Å². The van der Waals surface area contributed by atoms with Crippen molar-refractivity contribution in [1.29, 1.82) is 0 Å². The van der Waals surface area contributed by atoms with Gasteiger partial charge in [-0.1, -0.05) is 134 Å². The van der Waals surface area contributed by atoms with Crippen molar-refractivity contribution in [2.45, 2.75) is 44.4 Å². The molecule has 1 fully saturated rings. The minimum absolute atomic E-state index is 0. The number of halogens is 6. The number of benzene rings is 2. The zero-order chi connectivity index (χ0) is 37.0. The molecule has 1 radical (unpaired) electrons. The summed E-state index contributed by atoms with van der Waals surface area (Å²) in [7, 11) is 0. The summed E-state index contributed by atoms with van der Waals surface area (Å²) in [6.45, 7) is 1.70. The van der Waals surface area contributed by atoms with Gasteiger partial charge in [0.25, 0.3) is 0 Å². The number of aromatic amines is 2. The first-order chi connectivity index (χ1) is 24.9. The zero-order valence-electron chi connectivity index (χ0n) is 29.2. The maximum atomic E-state index is 11.1. The van der Waals surface area contributed by atoms with Crippen LogP contribution in [-0.4, -0.2) is 71.3 Å². The van der Waals surface area contributed by atoms with Crippen molar-refractivity contribution < 1.29 is 37.6 Å². The van der Waals surface area contributed by atoms with E-state index in [9.17, 15) is 9.59 Å². The second-order valence-corrected chi connectivity index (χ2v) is 18.1. The number of fused-ring (bicyclic) bond motifs is 3. The number of hydrogen-bond acceptors (Lipinski definition) is 7. The Balaban J connectivity index is 0.000000353. The van der Waals surface area contributed by atoms with Gasteiger partial charge >= 0.3 is 0 Å². The molecule has 0 amide bonds. The number of ether oxygens (including phenoxy) is 2. The smallest absolute Gasteiger partial charge is 0.168 e. The first-order valence-electron chi connectivity index (χ1n) is 16.0. The Morgan fingerprint density at radius 2 is 1.72 bits per heavy atom. The zero-order valence-corrected chi connectivity index (χ0v) is 41.9. The van der Waals surface area contributed by atoms with Gasteiger partial charge < -0.3 is 21.9 Å². The van der Waals surface area contributed by atoms with Gasteiger partial charge in [-0.05, 0) is 85.6 Å². The number of aromatic nitrogens is 3. The maximum Gasteiger partial charge on any atom is 0.168 e. The van der Waals surface area contributed by atoms with E-state index < -0.39 is 0 Å². The fourth-order valence-corrected chi connectivity index (χ4v) is 6.49. The number of rotatable bonds is 3. The number of nitrogens with one attached hydrogen (secondary N) is 2. The van der Waals surface area contributed by atoms with Crippen LogP contribution in [0, 0.1) is 13.3 Å². The summed E-state index contributed by atoms with van der Waals surface area (Å²) < 4.78 is 14.9. The topological polar surface area (TPSA) is 113 Å². The molecule has 0 spiro atoms. The van der Waals surface area contributed by atoms with Crippen molar-refractivity contribution in [3.63, 3.8) is 0 Å². The molecule has 2 aromatic carbocycles. The molecule has 3 aliphatic heterocycles. The van der Waals surface area contributed by atoms with Crippen LogP contribution in [0.15, 0.2) is 97.8 Å². The summed E-state index contributed by atoms with van der Waals surface area (Å²) >= 11 is 16.9. The fourth-order valence-electron chi connectivity index (χ4n) is 5.31. The average molecular weight is 1290 g/mol. The molecule has 0 saturated carbocycles. The molecular formula is C37H42Br3I3N5O4V-. The van der Waals surface area contributed by atoms with Crippen molar-refractivity contribution >= 4 is 156 Å². The summed E-state index contributed by atoms with van der Waals surface area (Å²) in [4.78, 5) is 26.7. The van der Waals surface area contributed by atoms with Crippen LogP contribution < -0.4 is 0 Å². The third-order valence-electron chi connectivity index (χ3n) is 7.61. The summed E-state index contributed by atoms with van der Waals surface area (Å²) in [5.41, 5.74) is 3.10. The number of hydrazone groups is 1. The monoisotopic (exact) mass is 1290 g/mol. The van der Waals surface area contributed by atoms with Crippen LogP contribution in [0.2, 0.25) is 0 Å². The fraction of sp³-hybridized carbons (Fsp3) is 0.324. The van der Waals surface area contributed by atoms with Gasteiger partial charge in [0.15, 0.2) is 12.6 Å². The van der Waals surface area contributed by atoms with Crippen molar-refractivity contribution in [2.24, 2.45) is 11.0 Å². The van der Waals surface area contributed by atoms with Gasteiger partial charge in [0.1, 0.15) is 17.6 Å². The number of carbonyl (C=O) groups is 2. The Hall–Kier alpha value is -0.546. The molecular weight excluding hydrogens is 1250 g/mol. The Kier molecular flexibility index (Phi) is 27.4. The summed E-state index contributed by atoms with van der Waals surface area (Å²) in [5, 5.41) is 15.1. The van der Waals surface area contributed by atoms with E-state index in [0.29, 0.717) is 11.4 Å². The first kappa shape index (κ1) is 50.5. The first-order valence-corrected chi connectivity index (χ1v) is 23.5. The number of aldehydes is 2. The number of alkyl halides is 3. The Morgan fingerprint density at radius 1 is 0.981 bits per heavy atom. The van der Waals surface area contributed by atoms with Crippen molar-refractivity contribution in [1.82, 2.24) is 20.2 Å². The van der Waals surface area contributed by atoms with Crippen LogP contribution >= 0.6 is 116 Å². The van der Waals surface area contributed by atoms with E-state index in [1.807, 2.05) is 58.6 Å². The molecule has 9 nitrogen and oxygen atoms in total. The summed E-state index contributed by atoms with van der Waals surface area (Å²) in [6.07, 6.45) is 19.2. The molecule has 3 atom stereocenters. The number of carbonyl (C=O) groups excluding carboxylic acids is 2. The SMILES string of the molecule is Brc1ccc2[nH]ccc2c1.C1=COCCC1.CI.ICI.O=CC1=NN(C2CCCCO2)C2C=CC(Br)=CC12.O=Cc1[nH]nc2ccc(Br)cc12.[CH3-].[V]. The molecule has 4 aromatic rings. The van der Waals surface area contributed by atoms with Crippen molar-refractivity contribution in [3.8, 4) is 0 Å². The van der Waals surface area contributed by atoms with E-state index in [2.05, 4.69) is 160 Å². The van der Waals surface area contributed by atoms with Crippen LogP contribution in [0.3, 0.4) is 0 Å². The van der Waals surface area contributed by atoms with Crippen LogP contribution in [0.25, 0.3) is 21.8 Å². The normalized spacial score (nSPS) is 18.9. The molecule has 16 heteroatoms. The Morgan fingerprint density at radius 3 is 2.32 bits per heavy atom.